The summed E-state index contributed by atoms with van der Waals surface area (Å²) in [6.07, 6.45) is -0.379. The van der Waals surface area contributed by atoms with Crippen LogP contribution < -0.4 is 9.64 Å². The molecule has 158 valence electrons. The smallest absolute Gasteiger partial charge is 0.264 e. The number of methoxy groups -OCH3 is 1. The SMILES string of the molecule is COc1ccc(C(=O)C[C@@]2(O)C(=O)N(Cc3ccccc3C)c3ccc(Cl)cc32)cc1. The highest BCUT2D eigenvalue weighted by molar-refractivity contribution is 6.31. The lowest BCUT2D eigenvalue weighted by atomic mass is 9.88. The molecule has 0 spiro atoms. The molecule has 0 bridgehead atoms. The van der Waals surface area contributed by atoms with E-state index in [1.807, 2.05) is 31.2 Å². The second kappa shape index (κ2) is 8.17. The van der Waals surface area contributed by atoms with E-state index in [0.29, 0.717) is 34.1 Å². The van der Waals surface area contributed by atoms with Crippen LogP contribution in [0.3, 0.4) is 0 Å². The van der Waals surface area contributed by atoms with Crippen LogP contribution in [0.2, 0.25) is 5.02 Å². The van der Waals surface area contributed by atoms with Crippen molar-refractivity contribution in [1.29, 1.82) is 0 Å². The first kappa shape index (κ1) is 21.1. The Morgan fingerprint density at radius 2 is 1.81 bits per heavy atom. The number of aliphatic hydroxyl groups is 1. The molecule has 0 fully saturated rings. The summed E-state index contributed by atoms with van der Waals surface area (Å²) in [5, 5.41) is 11.9. The van der Waals surface area contributed by atoms with Gasteiger partial charge in [-0.1, -0.05) is 35.9 Å². The van der Waals surface area contributed by atoms with Crippen LogP contribution in [0.5, 0.6) is 5.75 Å². The third kappa shape index (κ3) is 3.82. The number of benzene rings is 3. The van der Waals surface area contributed by atoms with Gasteiger partial charge in [-0.05, 0) is 60.5 Å². The van der Waals surface area contributed by atoms with Gasteiger partial charge in [0.2, 0.25) is 0 Å². The Hall–Kier alpha value is -3.15. The molecule has 5 nitrogen and oxygen atoms in total. The topological polar surface area (TPSA) is 66.8 Å². The van der Waals surface area contributed by atoms with Crippen LogP contribution >= 0.6 is 11.6 Å². The van der Waals surface area contributed by atoms with Gasteiger partial charge < -0.3 is 14.7 Å². The second-order valence-corrected chi connectivity index (χ2v) is 8.10. The van der Waals surface area contributed by atoms with E-state index in [9.17, 15) is 14.7 Å². The molecule has 0 aromatic heterocycles. The van der Waals surface area contributed by atoms with Gasteiger partial charge in [0.05, 0.1) is 25.8 Å². The average molecular weight is 436 g/mol. The summed E-state index contributed by atoms with van der Waals surface area (Å²) in [7, 11) is 1.54. The number of amides is 1. The highest BCUT2D eigenvalue weighted by Gasteiger charge is 2.51. The number of Topliss-reactive ketones (excluding diaryl/α,β-unsaturated/α-hetero) is 1. The largest absolute Gasteiger partial charge is 0.497 e. The molecular weight excluding hydrogens is 414 g/mol. The standard InChI is InChI=1S/C25H22ClNO4/c1-16-5-3-4-6-18(16)15-27-22-12-9-19(26)13-21(22)25(30,24(27)29)14-23(28)17-7-10-20(31-2)11-8-17/h3-13,30H,14-15H2,1-2H3/t25-/m0/s1. The van der Waals surface area contributed by atoms with Gasteiger partial charge in [0.15, 0.2) is 11.4 Å². The van der Waals surface area contributed by atoms with E-state index < -0.39 is 11.5 Å². The van der Waals surface area contributed by atoms with E-state index in [1.54, 1.807) is 49.6 Å². The van der Waals surface area contributed by atoms with Crippen LogP contribution in [0.4, 0.5) is 5.69 Å². The number of nitrogens with zero attached hydrogens (tertiary/aromatic N) is 1. The number of ketones is 1. The van der Waals surface area contributed by atoms with Crippen molar-refractivity contribution in [3.8, 4) is 5.75 Å². The molecule has 0 saturated carbocycles. The van der Waals surface area contributed by atoms with Gasteiger partial charge in [0.1, 0.15) is 5.75 Å². The average Bonchev–Trinajstić information content (AvgIpc) is 2.96. The minimum Gasteiger partial charge on any atom is -0.497 e. The third-order valence-corrected chi connectivity index (χ3v) is 5.95. The minimum absolute atomic E-state index is 0.291. The normalized spacial score (nSPS) is 17.5. The number of fused-ring (bicyclic) bond motifs is 1. The third-order valence-electron chi connectivity index (χ3n) is 5.71. The van der Waals surface area contributed by atoms with Crippen molar-refractivity contribution >= 4 is 29.0 Å². The van der Waals surface area contributed by atoms with E-state index in [0.717, 1.165) is 11.1 Å². The molecular formula is C25H22ClNO4. The first-order valence-corrected chi connectivity index (χ1v) is 10.3. The Balaban J connectivity index is 1.70. The number of ether oxygens (including phenoxy) is 1. The molecule has 1 aliphatic rings. The van der Waals surface area contributed by atoms with Gasteiger partial charge >= 0.3 is 0 Å². The Morgan fingerprint density at radius 3 is 2.48 bits per heavy atom. The molecule has 0 aliphatic carbocycles. The zero-order valence-corrected chi connectivity index (χ0v) is 18.0. The minimum atomic E-state index is -1.99. The zero-order valence-electron chi connectivity index (χ0n) is 17.3. The lowest BCUT2D eigenvalue weighted by molar-refractivity contribution is -0.136. The summed E-state index contributed by atoms with van der Waals surface area (Å²) in [4.78, 5) is 27.9. The molecule has 1 heterocycles. The summed E-state index contributed by atoms with van der Waals surface area (Å²) < 4.78 is 5.12. The van der Waals surface area contributed by atoms with Crippen molar-refractivity contribution < 1.29 is 19.4 Å². The van der Waals surface area contributed by atoms with E-state index in [4.69, 9.17) is 16.3 Å². The Kier molecular flexibility index (Phi) is 5.56. The summed E-state index contributed by atoms with van der Waals surface area (Å²) >= 11 is 6.18. The molecule has 3 aromatic rings. The fraction of sp³-hybridized carbons (Fsp3) is 0.200. The lowest BCUT2D eigenvalue weighted by Crippen LogP contribution is -2.41. The number of carbonyl (C=O) groups is 2. The van der Waals surface area contributed by atoms with Crippen LogP contribution in [0, 0.1) is 6.92 Å². The van der Waals surface area contributed by atoms with Crippen molar-refractivity contribution in [1.82, 2.24) is 0 Å². The molecule has 4 rings (SSSR count). The maximum absolute atomic E-state index is 13.4. The van der Waals surface area contributed by atoms with Gasteiger partial charge in [-0.25, -0.2) is 0 Å². The van der Waals surface area contributed by atoms with Gasteiger partial charge in [0.25, 0.3) is 5.91 Å². The molecule has 1 aliphatic heterocycles. The van der Waals surface area contributed by atoms with Crippen molar-refractivity contribution in [2.75, 3.05) is 12.0 Å². The summed E-state index contributed by atoms with van der Waals surface area (Å²) in [6, 6.07) is 19.3. The molecule has 1 amide bonds. The first-order chi connectivity index (χ1) is 14.8. The van der Waals surface area contributed by atoms with Gasteiger partial charge in [-0.2, -0.15) is 0 Å². The number of carbonyl (C=O) groups excluding carboxylic acids is 2. The number of rotatable bonds is 6. The Bertz CT molecular complexity index is 1160. The summed E-state index contributed by atoms with van der Waals surface area (Å²) in [5.41, 5.74) is 1.31. The highest BCUT2D eigenvalue weighted by atomic mass is 35.5. The van der Waals surface area contributed by atoms with E-state index in [1.165, 1.54) is 4.90 Å². The molecule has 6 heteroatoms. The predicted molar refractivity (Wildman–Crippen MR) is 120 cm³/mol. The summed E-state index contributed by atoms with van der Waals surface area (Å²) in [6.45, 7) is 2.26. The number of anilines is 1. The highest BCUT2D eigenvalue weighted by Crippen LogP contribution is 2.45. The predicted octanol–water partition coefficient (Wildman–Crippen LogP) is 4.66. The Labute approximate surface area is 185 Å². The van der Waals surface area contributed by atoms with Crippen LogP contribution in [-0.4, -0.2) is 23.9 Å². The molecule has 0 radical (unpaired) electrons. The van der Waals surface area contributed by atoms with Crippen molar-refractivity contribution in [3.05, 3.63) is 94.0 Å². The van der Waals surface area contributed by atoms with Crippen molar-refractivity contribution in [2.45, 2.75) is 25.5 Å². The molecule has 0 saturated heterocycles. The van der Waals surface area contributed by atoms with Gasteiger partial charge in [-0.15, -0.1) is 0 Å². The van der Waals surface area contributed by atoms with E-state index in [2.05, 4.69) is 0 Å². The zero-order chi connectivity index (χ0) is 22.2. The number of aryl methyl sites for hydroxylation is 1. The summed E-state index contributed by atoms with van der Waals surface area (Å²) in [5.74, 6) is -0.259. The van der Waals surface area contributed by atoms with E-state index >= 15 is 0 Å². The first-order valence-electron chi connectivity index (χ1n) is 9.89. The van der Waals surface area contributed by atoms with Crippen LogP contribution in [0.15, 0.2) is 66.7 Å². The van der Waals surface area contributed by atoms with Crippen LogP contribution in [-0.2, 0) is 16.9 Å². The molecule has 3 aromatic carbocycles. The molecule has 1 N–H and O–H groups in total. The second-order valence-electron chi connectivity index (χ2n) is 7.67. The maximum Gasteiger partial charge on any atom is 0.264 e. The van der Waals surface area contributed by atoms with Gasteiger partial charge in [-0.3, -0.25) is 9.59 Å². The van der Waals surface area contributed by atoms with Crippen LogP contribution in [0.1, 0.15) is 33.5 Å². The van der Waals surface area contributed by atoms with Crippen molar-refractivity contribution in [2.24, 2.45) is 0 Å². The van der Waals surface area contributed by atoms with Crippen LogP contribution in [0.25, 0.3) is 0 Å². The number of halogens is 1. The number of hydrogen-bond donors (Lipinski definition) is 1. The molecule has 31 heavy (non-hydrogen) atoms. The quantitative estimate of drug-likeness (QED) is 0.571. The van der Waals surface area contributed by atoms with Crippen molar-refractivity contribution in [3.63, 3.8) is 0 Å². The monoisotopic (exact) mass is 435 g/mol. The maximum atomic E-state index is 13.4. The number of hydrogen-bond acceptors (Lipinski definition) is 4. The Morgan fingerprint density at radius 1 is 1.10 bits per heavy atom. The lowest BCUT2D eigenvalue weighted by Gasteiger charge is -2.23. The molecule has 0 unspecified atom stereocenters. The fourth-order valence-electron chi connectivity index (χ4n) is 3.92. The fourth-order valence-corrected chi connectivity index (χ4v) is 4.09. The van der Waals surface area contributed by atoms with Gasteiger partial charge in [0, 0.05) is 16.1 Å². The van der Waals surface area contributed by atoms with E-state index in [-0.39, 0.29) is 12.2 Å². The molecule has 1 atom stereocenters.